The number of furan rings is 1. The number of rotatable bonds is 9. The maximum Gasteiger partial charge on any atom is 0.273 e. The van der Waals surface area contributed by atoms with E-state index in [1.165, 1.54) is 6.07 Å². The zero-order chi connectivity index (χ0) is 25.3. The van der Waals surface area contributed by atoms with Gasteiger partial charge >= 0.3 is 0 Å². The number of hydrogen-bond donors (Lipinski definition) is 2. The van der Waals surface area contributed by atoms with Crippen LogP contribution in [0.4, 0.5) is 5.69 Å². The Balaban J connectivity index is 1.41. The Morgan fingerprint density at radius 1 is 0.972 bits per heavy atom. The fourth-order valence-corrected chi connectivity index (χ4v) is 4.41. The Hall–Kier alpha value is -3.81. The van der Waals surface area contributed by atoms with Gasteiger partial charge in [0.05, 0.1) is 29.5 Å². The third-order valence-electron chi connectivity index (χ3n) is 5.21. The van der Waals surface area contributed by atoms with Crippen molar-refractivity contribution in [1.29, 1.82) is 0 Å². The number of hydrogen-bond acceptors (Lipinski definition) is 5. The van der Waals surface area contributed by atoms with Crippen molar-refractivity contribution in [1.82, 2.24) is 5.43 Å². The van der Waals surface area contributed by atoms with Gasteiger partial charge in [0.15, 0.2) is 0 Å². The first-order valence-corrected chi connectivity index (χ1v) is 12.7. The summed E-state index contributed by atoms with van der Waals surface area (Å²) in [5.41, 5.74) is 6.53. The molecule has 0 atom stereocenters. The van der Waals surface area contributed by atoms with E-state index in [9.17, 15) is 9.59 Å². The van der Waals surface area contributed by atoms with Gasteiger partial charge in [-0.3, -0.25) is 9.59 Å². The standard InChI is InChI=1S/C28H24ClN3O3S/c1-19-7-9-20(10-8-19)16-30-32-28(34)25-15-23(29)11-12-26(25)31-27(33)22-5-2-4-21(14-22)17-36-18-24-6-3-13-35-24/h2-16H,17-18H2,1H3,(H,31,33)(H,32,34)/b30-16+. The molecule has 4 rings (SSSR count). The molecular formula is C28H24ClN3O3S. The number of anilines is 1. The fraction of sp³-hybridized carbons (Fsp3) is 0.107. The van der Waals surface area contributed by atoms with Gasteiger partial charge in [0.1, 0.15) is 5.76 Å². The predicted molar refractivity (Wildman–Crippen MR) is 146 cm³/mol. The Labute approximate surface area is 218 Å². The van der Waals surface area contributed by atoms with Crippen molar-refractivity contribution in [2.45, 2.75) is 18.4 Å². The molecule has 1 heterocycles. The molecule has 4 aromatic rings. The number of thioether (sulfide) groups is 1. The molecule has 36 heavy (non-hydrogen) atoms. The van der Waals surface area contributed by atoms with Gasteiger partial charge in [-0.25, -0.2) is 5.43 Å². The van der Waals surface area contributed by atoms with Crippen LogP contribution < -0.4 is 10.7 Å². The molecule has 1 aromatic heterocycles. The minimum atomic E-state index is -0.487. The molecule has 2 N–H and O–H groups in total. The van der Waals surface area contributed by atoms with Crippen LogP contribution in [-0.2, 0) is 11.5 Å². The highest BCUT2D eigenvalue weighted by Gasteiger charge is 2.15. The summed E-state index contributed by atoms with van der Waals surface area (Å²) in [5, 5.41) is 7.22. The van der Waals surface area contributed by atoms with Crippen LogP contribution >= 0.6 is 23.4 Å². The molecule has 0 aliphatic heterocycles. The lowest BCUT2D eigenvalue weighted by atomic mass is 10.1. The predicted octanol–water partition coefficient (Wildman–Crippen LogP) is 6.69. The third kappa shape index (κ3) is 7.10. The molecule has 0 radical (unpaired) electrons. The molecule has 0 unspecified atom stereocenters. The number of hydrazone groups is 1. The van der Waals surface area contributed by atoms with Crippen LogP contribution in [0.3, 0.4) is 0 Å². The maximum absolute atomic E-state index is 13.0. The van der Waals surface area contributed by atoms with Gasteiger partial charge in [0, 0.05) is 16.3 Å². The summed E-state index contributed by atoms with van der Waals surface area (Å²) < 4.78 is 5.35. The summed E-state index contributed by atoms with van der Waals surface area (Å²) in [6, 6.07) is 23.6. The highest BCUT2D eigenvalue weighted by atomic mass is 35.5. The lowest BCUT2D eigenvalue weighted by Crippen LogP contribution is -2.21. The van der Waals surface area contributed by atoms with Crippen molar-refractivity contribution in [3.05, 3.63) is 124 Å². The molecule has 182 valence electrons. The molecule has 0 spiro atoms. The van der Waals surface area contributed by atoms with E-state index in [0.717, 1.165) is 34.0 Å². The van der Waals surface area contributed by atoms with Crippen LogP contribution in [0.15, 0.2) is 94.6 Å². The highest BCUT2D eigenvalue weighted by Crippen LogP contribution is 2.23. The van der Waals surface area contributed by atoms with Gasteiger partial charge in [-0.1, -0.05) is 53.6 Å². The van der Waals surface area contributed by atoms with Crippen LogP contribution in [0.25, 0.3) is 0 Å². The van der Waals surface area contributed by atoms with Crippen LogP contribution in [0.5, 0.6) is 0 Å². The number of nitrogens with zero attached hydrogens (tertiary/aromatic N) is 1. The van der Waals surface area contributed by atoms with Crippen LogP contribution in [0.1, 0.15) is 43.2 Å². The van der Waals surface area contributed by atoms with E-state index in [1.54, 1.807) is 42.4 Å². The number of benzene rings is 3. The minimum absolute atomic E-state index is 0.210. The molecule has 0 fully saturated rings. The zero-order valence-corrected chi connectivity index (χ0v) is 21.1. The molecule has 3 aromatic carbocycles. The van der Waals surface area contributed by atoms with E-state index < -0.39 is 5.91 Å². The van der Waals surface area contributed by atoms with Crippen molar-refractivity contribution in [3.63, 3.8) is 0 Å². The van der Waals surface area contributed by atoms with Crippen LogP contribution in [0.2, 0.25) is 5.02 Å². The van der Waals surface area contributed by atoms with Gasteiger partial charge < -0.3 is 9.73 Å². The average Bonchev–Trinajstić information content (AvgIpc) is 3.40. The van der Waals surface area contributed by atoms with E-state index in [0.29, 0.717) is 16.3 Å². The number of aryl methyl sites for hydroxylation is 1. The first kappa shape index (κ1) is 25.3. The molecule has 0 aliphatic rings. The lowest BCUT2D eigenvalue weighted by Gasteiger charge is -2.11. The van der Waals surface area contributed by atoms with Gasteiger partial charge in [-0.15, -0.1) is 11.8 Å². The monoisotopic (exact) mass is 517 g/mol. The second-order valence-corrected chi connectivity index (χ2v) is 9.45. The summed E-state index contributed by atoms with van der Waals surface area (Å²) in [6.45, 7) is 2.00. The summed E-state index contributed by atoms with van der Waals surface area (Å²) in [5.74, 6) is 1.58. The first-order valence-electron chi connectivity index (χ1n) is 11.2. The average molecular weight is 518 g/mol. The van der Waals surface area contributed by atoms with E-state index >= 15 is 0 Å². The Kier molecular flexibility index (Phi) is 8.60. The van der Waals surface area contributed by atoms with Gasteiger partial charge in [-0.05, 0) is 60.5 Å². The fourth-order valence-electron chi connectivity index (χ4n) is 3.35. The van der Waals surface area contributed by atoms with E-state index in [2.05, 4.69) is 15.8 Å². The lowest BCUT2D eigenvalue weighted by molar-refractivity contribution is 0.0956. The van der Waals surface area contributed by atoms with Crippen molar-refractivity contribution < 1.29 is 14.0 Å². The quantitative estimate of drug-likeness (QED) is 0.191. The first-order chi connectivity index (χ1) is 17.5. The molecule has 0 bridgehead atoms. The molecule has 2 amide bonds. The van der Waals surface area contributed by atoms with Crippen molar-refractivity contribution >= 4 is 47.1 Å². The summed E-state index contributed by atoms with van der Waals surface area (Å²) in [6.07, 6.45) is 3.21. The molecule has 0 saturated carbocycles. The number of amides is 2. The molecule has 8 heteroatoms. The van der Waals surface area contributed by atoms with Gasteiger partial charge in [-0.2, -0.15) is 5.10 Å². The molecule has 0 saturated heterocycles. The van der Waals surface area contributed by atoms with Gasteiger partial charge in [0.25, 0.3) is 11.8 Å². The summed E-state index contributed by atoms with van der Waals surface area (Å²) in [4.78, 5) is 25.8. The largest absolute Gasteiger partial charge is 0.468 e. The summed E-state index contributed by atoms with van der Waals surface area (Å²) >= 11 is 7.82. The van der Waals surface area contributed by atoms with E-state index in [4.69, 9.17) is 16.0 Å². The van der Waals surface area contributed by atoms with Crippen LogP contribution in [-0.4, -0.2) is 18.0 Å². The normalized spacial score (nSPS) is 10.9. The van der Waals surface area contributed by atoms with Crippen molar-refractivity contribution in [2.24, 2.45) is 5.10 Å². The third-order valence-corrected chi connectivity index (χ3v) is 6.48. The molecule has 0 aliphatic carbocycles. The second-order valence-electron chi connectivity index (χ2n) is 8.03. The van der Waals surface area contributed by atoms with E-state index in [-0.39, 0.29) is 11.5 Å². The SMILES string of the molecule is Cc1ccc(/C=N/NC(=O)c2cc(Cl)ccc2NC(=O)c2cccc(CSCc3ccco3)c2)cc1. The Morgan fingerprint density at radius 3 is 2.58 bits per heavy atom. The highest BCUT2D eigenvalue weighted by molar-refractivity contribution is 7.97. The minimum Gasteiger partial charge on any atom is -0.468 e. The van der Waals surface area contributed by atoms with Crippen molar-refractivity contribution in [3.8, 4) is 0 Å². The van der Waals surface area contributed by atoms with E-state index in [1.807, 2.05) is 61.5 Å². The zero-order valence-electron chi connectivity index (χ0n) is 19.5. The van der Waals surface area contributed by atoms with Gasteiger partial charge in [0.2, 0.25) is 0 Å². The Bertz CT molecular complexity index is 1370. The number of carbonyl (C=O) groups is 2. The van der Waals surface area contributed by atoms with Crippen LogP contribution in [0, 0.1) is 6.92 Å². The summed E-state index contributed by atoms with van der Waals surface area (Å²) in [7, 11) is 0. The number of nitrogens with one attached hydrogen (secondary N) is 2. The Morgan fingerprint density at radius 2 is 1.81 bits per heavy atom. The van der Waals surface area contributed by atoms with Crippen molar-refractivity contribution in [2.75, 3.05) is 5.32 Å². The number of halogens is 1. The topological polar surface area (TPSA) is 83.7 Å². The second kappa shape index (κ2) is 12.2. The maximum atomic E-state index is 13.0. The molecule has 6 nitrogen and oxygen atoms in total. The number of carbonyl (C=O) groups excluding carboxylic acids is 2. The molecular weight excluding hydrogens is 494 g/mol. The smallest absolute Gasteiger partial charge is 0.273 e.